The van der Waals surface area contributed by atoms with Gasteiger partial charge >= 0.3 is 0 Å². The summed E-state index contributed by atoms with van der Waals surface area (Å²) in [5.41, 5.74) is 9.31. The third-order valence-corrected chi connectivity index (χ3v) is 3.89. The summed E-state index contributed by atoms with van der Waals surface area (Å²) >= 11 is 0. The zero-order chi connectivity index (χ0) is 13.8. The zero-order valence-corrected chi connectivity index (χ0v) is 11.6. The number of rotatable bonds is 6. The second-order valence-electron chi connectivity index (χ2n) is 5.00. The van der Waals surface area contributed by atoms with Crippen LogP contribution in [0, 0.1) is 5.92 Å². The van der Waals surface area contributed by atoms with E-state index in [9.17, 15) is 4.79 Å². The van der Waals surface area contributed by atoms with Crippen molar-refractivity contribution in [3.05, 3.63) is 35.4 Å². The lowest BCUT2D eigenvalue weighted by molar-refractivity contribution is -0.122. The highest BCUT2D eigenvalue weighted by Crippen LogP contribution is 2.34. The van der Waals surface area contributed by atoms with Crippen molar-refractivity contribution in [2.24, 2.45) is 11.7 Å². The molecule has 1 amide bonds. The molecule has 0 radical (unpaired) electrons. The van der Waals surface area contributed by atoms with Gasteiger partial charge in [-0.1, -0.05) is 19.1 Å². The third kappa shape index (κ3) is 2.98. The summed E-state index contributed by atoms with van der Waals surface area (Å²) in [5.74, 6) is 0.677. The smallest absolute Gasteiger partial charge is 0.220 e. The van der Waals surface area contributed by atoms with E-state index < -0.39 is 0 Å². The molecule has 0 spiro atoms. The van der Waals surface area contributed by atoms with E-state index in [-0.39, 0.29) is 11.8 Å². The number of allylic oxidation sites excluding steroid dienone is 2. The van der Waals surface area contributed by atoms with Crippen LogP contribution in [0.2, 0.25) is 0 Å². The Balaban J connectivity index is 2.07. The van der Waals surface area contributed by atoms with E-state index in [1.54, 1.807) is 7.11 Å². The maximum atomic E-state index is 11.3. The fourth-order valence-electron chi connectivity index (χ4n) is 2.62. The molecular weight excluding hydrogens is 238 g/mol. The molecular formula is C16H21NO2. The van der Waals surface area contributed by atoms with Crippen LogP contribution in [0.25, 0.3) is 5.57 Å². The maximum Gasteiger partial charge on any atom is 0.220 e. The Morgan fingerprint density at radius 3 is 2.89 bits per heavy atom. The Labute approximate surface area is 114 Å². The molecule has 1 unspecified atom stereocenters. The molecule has 1 aliphatic carbocycles. The van der Waals surface area contributed by atoms with Crippen molar-refractivity contribution in [2.45, 2.75) is 32.6 Å². The number of hydrogen-bond acceptors (Lipinski definition) is 2. The summed E-state index contributed by atoms with van der Waals surface area (Å²) in [6.07, 6.45) is 5.77. The zero-order valence-electron chi connectivity index (χ0n) is 11.6. The van der Waals surface area contributed by atoms with Crippen LogP contribution < -0.4 is 10.5 Å². The highest BCUT2D eigenvalue weighted by Gasteiger charge is 2.18. The summed E-state index contributed by atoms with van der Waals surface area (Å²) < 4.78 is 5.27. The van der Waals surface area contributed by atoms with Gasteiger partial charge in [-0.3, -0.25) is 4.79 Å². The normalized spacial score (nSPS) is 14.7. The molecule has 2 rings (SSSR count). The maximum absolute atomic E-state index is 11.3. The van der Waals surface area contributed by atoms with E-state index in [0.29, 0.717) is 0 Å². The van der Waals surface area contributed by atoms with E-state index in [1.807, 2.05) is 13.0 Å². The van der Waals surface area contributed by atoms with Crippen molar-refractivity contribution in [3.8, 4) is 5.75 Å². The largest absolute Gasteiger partial charge is 0.497 e. The fraction of sp³-hybridized carbons (Fsp3) is 0.438. The van der Waals surface area contributed by atoms with E-state index in [1.165, 1.54) is 16.7 Å². The van der Waals surface area contributed by atoms with Gasteiger partial charge in [-0.15, -0.1) is 0 Å². The molecule has 0 aliphatic heterocycles. The van der Waals surface area contributed by atoms with Crippen LogP contribution in [-0.2, 0) is 11.2 Å². The van der Waals surface area contributed by atoms with Crippen molar-refractivity contribution >= 4 is 11.5 Å². The molecule has 3 nitrogen and oxygen atoms in total. The van der Waals surface area contributed by atoms with Gasteiger partial charge in [0.05, 0.1) is 7.11 Å². The number of amides is 1. The number of carbonyl (C=O) groups excluding carboxylic acids is 1. The van der Waals surface area contributed by atoms with Crippen LogP contribution in [-0.4, -0.2) is 13.0 Å². The Kier molecular flexibility index (Phi) is 4.25. The number of primary amides is 1. The summed E-state index contributed by atoms with van der Waals surface area (Å²) in [6, 6.07) is 6.19. The molecule has 0 fully saturated rings. The molecule has 2 N–H and O–H groups in total. The summed E-state index contributed by atoms with van der Waals surface area (Å²) in [4.78, 5) is 11.3. The van der Waals surface area contributed by atoms with Crippen molar-refractivity contribution in [2.75, 3.05) is 7.11 Å². The first kappa shape index (κ1) is 13.7. The molecule has 1 aromatic carbocycles. The fourth-order valence-corrected chi connectivity index (χ4v) is 2.62. The van der Waals surface area contributed by atoms with Crippen LogP contribution >= 0.6 is 0 Å². The van der Waals surface area contributed by atoms with Crippen molar-refractivity contribution in [1.82, 2.24) is 0 Å². The molecule has 102 valence electrons. The number of ether oxygens (including phenoxy) is 1. The molecule has 0 bridgehead atoms. The number of benzene rings is 1. The van der Waals surface area contributed by atoms with Gasteiger partial charge in [0, 0.05) is 5.92 Å². The van der Waals surface area contributed by atoms with Gasteiger partial charge in [0.2, 0.25) is 5.91 Å². The van der Waals surface area contributed by atoms with Crippen LogP contribution in [0.3, 0.4) is 0 Å². The first-order valence-electron chi connectivity index (χ1n) is 6.81. The molecule has 0 saturated heterocycles. The summed E-state index contributed by atoms with van der Waals surface area (Å²) in [5, 5.41) is 0. The van der Waals surface area contributed by atoms with E-state index >= 15 is 0 Å². The highest BCUT2D eigenvalue weighted by molar-refractivity contribution is 5.78. The standard InChI is InChI=1S/C16H21NO2/c1-3-11(16(17)18)4-5-12-6-7-13-8-9-14(19-2)10-15(12)13/h6,8-11H,3-5,7H2,1-2H3,(H2,17,18). The topological polar surface area (TPSA) is 52.3 Å². The van der Waals surface area contributed by atoms with Gasteiger partial charge in [-0.2, -0.15) is 0 Å². The van der Waals surface area contributed by atoms with Gasteiger partial charge in [-0.25, -0.2) is 0 Å². The van der Waals surface area contributed by atoms with E-state index in [4.69, 9.17) is 10.5 Å². The number of methoxy groups -OCH3 is 1. The molecule has 19 heavy (non-hydrogen) atoms. The quantitative estimate of drug-likeness (QED) is 0.854. The molecule has 1 aromatic rings. The minimum Gasteiger partial charge on any atom is -0.497 e. The van der Waals surface area contributed by atoms with Crippen LogP contribution in [0.5, 0.6) is 5.75 Å². The van der Waals surface area contributed by atoms with E-state index in [0.717, 1.165) is 31.4 Å². The first-order chi connectivity index (χ1) is 9.15. The van der Waals surface area contributed by atoms with Crippen LogP contribution in [0.1, 0.15) is 37.3 Å². The molecule has 0 heterocycles. The lowest BCUT2D eigenvalue weighted by Crippen LogP contribution is -2.22. The molecule has 0 aromatic heterocycles. The Morgan fingerprint density at radius 1 is 1.47 bits per heavy atom. The van der Waals surface area contributed by atoms with Crippen molar-refractivity contribution in [1.29, 1.82) is 0 Å². The lowest BCUT2D eigenvalue weighted by atomic mass is 9.94. The minimum absolute atomic E-state index is 0.0180. The van der Waals surface area contributed by atoms with Gasteiger partial charge in [-0.05, 0) is 54.5 Å². The third-order valence-electron chi connectivity index (χ3n) is 3.89. The predicted octanol–water partition coefficient (Wildman–Crippen LogP) is 2.93. The Bertz CT molecular complexity index is 505. The SMILES string of the molecule is CCC(CCC1=CCc2ccc(OC)cc21)C(N)=O. The highest BCUT2D eigenvalue weighted by atomic mass is 16.5. The number of nitrogens with two attached hydrogens (primary N) is 1. The summed E-state index contributed by atoms with van der Waals surface area (Å²) in [6.45, 7) is 2.01. The predicted molar refractivity (Wildman–Crippen MR) is 76.9 cm³/mol. The Morgan fingerprint density at radius 2 is 2.26 bits per heavy atom. The van der Waals surface area contributed by atoms with Gasteiger partial charge in [0.25, 0.3) is 0 Å². The van der Waals surface area contributed by atoms with Crippen molar-refractivity contribution < 1.29 is 9.53 Å². The molecule has 3 heteroatoms. The van der Waals surface area contributed by atoms with Gasteiger partial charge < -0.3 is 10.5 Å². The van der Waals surface area contributed by atoms with Gasteiger partial charge in [0.1, 0.15) is 5.75 Å². The summed E-state index contributed by atoms with van der Waals surface area (Å²) in [7, 11) is 1.68. The average Bonchev–Trinajstić information content (AvgIpc) is 2.81. The number of carbonyl (C=O) groups is 1. The lowest BCUT2D eigenvalue weighted by Gasteiger charge is -2.12. The number of hydrogen-bond donors (Lipinski definition) is 1. The second kappa shape index (κ2) is 5.91. The van der Waals surface area contributed by atoms with Crippen molar-refractivity contribution in [3.63, 3.8) is 0 Å². The molecule has 1 aliphatic rings. The first-order valence-corrected chi connectivity index (χ1v) is 6.81. The van der Waals surface area contributed by atoms with E-state index in [2.05, 4.69) is 18.2 Å². The van der Waals surface area contributed by atoms with Gasteiger partial charge in [0.15, 0.2) is 0 Å². The number of fused-ring (bicyclic) bond motifs is 1. The molecule has 1 atom stereocenters. The average molecular weight is 259 g/mol. The second-order valence-corrected chi connectivity index (χ2v) is 5.00. The van der Waals surface area contributed by atoms with Crippen LogP contribution in [0.15, 0.2) is 24.3 Å². The monoisotopic (exact) mass is 259 g/mol. The molecule has 0 saturated carbocycles. The van der Waals surface area contributed by atoms with Crippen LogP contribution in [0.4, 0.5) is 0 Å². The Hall–Kier alpha value is -1.77. The minimum atomic E-state index is -0.188.